The third-order valence-corrected chi connectivity index (χ3v) is 5.60. The predicted molar refractivity (Wildman–Crippen MR) is 121 cm³/mol. The van der Waals surface area contributed by atoms with Crippen molar-refractivity contribution in [2.24, 2.45) is 0 Å². The fraction of sp³-hybridized carbons (Fsp3) is 0.238. The van der Waals surface area contributed by atoms with Crippen molar-refractivity contribution in [2.45, 2.75) is 18.9 Å². The zero-order valence-electron chi connectivity index (χ0n) is 17.0. The van der Waals surface area contributed by atoms with Crippen LogP contribution < -0.4 is 15.5 Å². The Bertz CT molecular complexity index is 1270. The highest BCUT2D eigenvalue weighted by Crippen LogP contribution is 2.25. The van der Waals surface area contributed by atoms with Gasteiger partial charge in [0, 0.05) is 49.5 Å². The Kier molecular flexibility index (Phi) is 5.39. The van der Waals surface area contributed by atoms with Crippen LogP contribution in [0.5, 0.6) is 0 Å². The molecule has 11 heteroatoms. The lowest BCUT2D eigenvalue weighted by Gasteiger charge is -2.33. The average molecular weight is 447 g/mol. The van der Waals surface area contributed by atoms with Gasteiger partial charge in [0.15, 0.2) is 17.3 Å². The van der Waals surface area contributed by atoms with Gasteiger partial charge >= 0.3 is 0 Å². The topological polar surface area (TPSA) is 120 Å². The second-order valence-electron chi connectivity index (χ2n) is 7.42. The molecule has 160 valence electrons. The van der Waals surface area contributed by atoms with Crippen LogP contribution in [0.1, 0.15) is 18.5 Å². The molecule has 2 N–H and O–H groups in total. The molecule has 1 aliphatic heterocycles. The van der Waals surface area contributed by atoms with Crippen LogP contribution in [0.3, 0.4) is 0 Å². The molecule has 32 heavy (non-hydrogen) atoms. The highest BCUT2D eigenvalue weighted by atomic mass is 35.5. The Hall–Kier alpha value is -3.97. The van der Waals surface area contributed by atoms with Crippen LogP contribution in [-0.2, 0) is 0 Å². The van der Waals surface area contributed by atoms with Crippen LogP contribution in [0.4, 0.5) is 23.3 Å². The van der Waals surface area contributed by atoms with E-state index in [1.165, 1.54) is 0 Å². The molecule has 4 aromatic heterocycles. The van der Waals surface area contributed by atoms with Gasteiger partial charge in [-0.3, -0.25) is 0 Å². The van der Waals surface area contributed by atoms with Crippen LogP contribution in [0.25, 0.3) is 5.65 Å². The van der Waals surface area contributed by atoms with Gasteiger partial charge in [-0.2, -0.15) is 10.2 Å². The molecule has 0 unspecified atom stereocenters. The third-order valence-electron chi connectivity index (χ3n) is 5.32. The number of hydrogen-bond acceptors (Lipinski definition) is 9. The van der Waals surface area contributed by atoms with Gasteiger partial charge in [0.2, 0.25) is 5.95 Å². The molecule has 0 saturated carbocycles. The number of nitrogens with zero attached hydrogens (tertiary/aromatic N) is 8. The molecule has 5 rings (SSSR count). The first-order chi connectivity index (χ1) is 15.7. The largest absolute Gasteiger partial charge is 0.366 e. The Morgan fingerprint density at radius 2 is 1.97 bits per heavy atom. The zero-order chi connectivity index (χ0) is 21.9. The van der Waals surface area contributed by atoms with E-state index in [2.05, 4.69) is 40.7 Å². The molecule has 4 aromatic rings. The molecular formula is C21H19ClN10. The summed E-state index contributed by atoms with van der Waals surface area (Å²) in [5.74, 6) is 1.84. The summed E-state index contributed by atoms with van der Waals surface area (Å²) < 4.78 is 1.93. The lowest BCUT2D eigenvalue weighted by Crippen LogP contribution is -2.39. The summed E-state index contributed by atoms with van der Waals surface area (Å²) in [6.45, 7) is 1.63. The van der Waals surface area contributed by atoms with Crippen LogP contribution >= 0.6 is 11.6 Å². The number of rotatable bonds is 5. The van der Waals surface area contributed by atoms with Crippen molar-refractivity contribution in [2.75, 3.05) is 28.6 Å². The number of pyridine rings is 1. The van der Waals surface area contributed by atoms with E-state index >= 15 is 0 Å². The van der Waals surface area contributed by atoms with Crippen molar-refractivity contribution in [1.82, 2.24) is 29.5 Å². The molecule has 1 saturated heterocycles. The third kappa shape index (κ3) is 4.24. The SMILES string of the molecule is N#Cc1ccc(N2CCC(Nc3nc(Nc4ccn5ccnc5c4)ncc3Cl)CC2)nn1. The Morgan fingerprint density at radius 1 is 1.09 bits per heavy atom. The summed E-state index contributed by atoms with van der Waals surface area (Å²) in [7, 11) is 0. The van der Waals surface area contributed by atoms with E-state index in [0.29, 0.717) is 22.5 Å². The summed E-state index contributed by atoms with van der Waals surface area (Å²) in [5, 5.41) is 24.0. The smallest absolute Gasteiger partial charge is 0.229 e. The van der Waals surface area contributed by atoms with Crippen LogP contribution in [-0.4, -0.2) is 48.7 Å². The zero-order valence-corrected chi connectivity index (χ0v) is 17.7. The van der Waals surface area contributed by atoms with E-state index in [9.17, 15) is 0 Å². The van der Waals surface area contributed by atoms with Gasteiger partial charge < -0.3 is 19.9 Å². The maximum atomic E-state index is 8.87. The molecular weight excluding hydrogens is 428 g/mol. The predicted octanol–water partition coefficient (Wildman–Crippen LogP) is 3.26. The van der Waals surface area contributed by atoms with Crippen molar-refractivity contribution < 1.29 is 0 Å². The number of nitrogens with one attached hydrogen (secondary N) is 2. The first kappa shape index (κ1) is 20.0. The molecule has 5 heterocycles. The van der Waals surface area contributed by atoms with Crippen LogP contribution in [0, 0.1) is 11.3 Å². The Balaban J connectivity index is 1.23. The van der Waals surface area contributed by atoms with E-state index in [4.69, 9.17) is 16.9 Å². The molecule has 0 amide bonds. The van der Waals surface area contributed by atoms with E-state index in [-0.39, 0.29) is 6.04 Å². The first-order valence-corrected chi connectivity index (χ1v) is 10.5. The number of imidazole rings is 1. The molecule has 0 aliphatic carbocycles. The van der Waals surface area contributed by atoms with Crippen LogP contribution in [0.15, 0.2) is 49.1 Å². The van der Waals surface area contributed by atoms with Gasteiger partial charge in [0.25, 0.3) is 0 Å². The maximum absolute atomic E-state index is 8.87. The summed E-state index contributed by atoms with van der Waals surface area (Å²) in [6, 6.07) is 9.58. The lowest BCUT2D eigenvalue weighted by atomic mass is 10.1. The molecule has 0 aromatic carbocycles. The first-order valence-electron chi connectivity index (χ1n) is 10.2. The summed E-state index contributed by atoms with van der Waals surface area (Å²) >= 11 is 6.35. The monoisotopic (exact) mass is 446 g/mol. The second-order valence-corrected chi connectivity index (χ2v) is 7.82. The minimum atomic E-state index is 0.221. The van der Waals surface area contributed by atoms with Gasteiger partial charge in [0.05, 0.1) is 6.20 Å². The molecule has 10 nitrogen and oxygen atoms in total. The van der Waals surface area contributed by atoms with Gasteiger partial charge in [0.1, 0.15) is 16.7 Å². The maximum Gasteiger partial charge on any atom is 0.229 e. The number of nitriles is 1. The Labute approximate surface area is 188 Å². The number of aromatic nitrogens is 6. The average Bonchev–Trinajstić information content (AvgIpc) is 3.30. The molecule has 0 spiro atoms. The van der Waals surface area contributed by atoms with Crippen molar-refractivity contribution in [3.8, 4) is 6.07 Å². The summed E-state index contributed by atoms with van der Waals surface area (Å²) in [6.07, 6.45) is 8.93. The van der Waals surface area contributed by atoms with Gasteiger partial charge in [-0.25, -0.2) is 9.97 Å². The van der Waals surface area contributed by atoms with Gasteiger partial charge in [-0.15, -0.1) is 10.2 Å². The number of halogens is 1. The number of hydrogen-bond donors (Lipinski definition) is 2. The van der Waals surface area contributed by atoms with Crippen molar-refractivity contribution in [3.05, 3.63) is 59.8 Å². The van der Waals surface area contributed by atoms with E-state index in [0.717, 1.165) is 43.1 Å². The highest BCUT2D eigenvalue weighted by molar-refractivity contribution is 6.32. The highest BCUT2D eigenvalue weighted by Gasteiger charge is 2.21. The second kappa shape index (κ2) is 8.64. The standard InChI is InChI=1S/C21H19ClN10/c22-17-13-25-21(27-15-5-9-32-10-6-24-19(32)11-15)28-20(17)26-14-3-7-31(8-4-14)18-2-1-16(12-23)29-30-18/h1-2,5-6,9-11,13-14H,3-4,7-8H2,(H2,25,26,27,28). The van der Waals surface area contributed by atoms with Gasteiger partial charge in [-0.1, -0.05) is 11.6 Å². The molecule has 0 radical (unpaired) electrons. The molecule has 1 aliphatic rings. The normalized spacial score (nSPS) is 14.3. The quantitative estimate of drug-likeness (QED) is 0.475. The minimum absolute atomic E-state index is 0.221. The summed E-state index contributed by atoms with van der Waals surface area (Å²) in [4.78, 5) is 15.3. The lowest BCUT2D eigenvalue weighted by molar-refractivity contribution is 0.521. The van der Waals surface area contributed by atoms with Crippen molar-refractivity contribution in [3.63, 3.8) is 0 Å². The summed E-state index contributed by atoms with van der Waals surface area (Å²) in [5.41, 5.74) is 1.99. The Morgan fingerprint density at radius 3 is 2.75 bits per heavy atom. The number of anilines is 4. The molecule has 0 bridgehead atoms. The fourth-order valence-electron chi connectivity index (χ4n) is 3.65. The van der Waals surface area contributed by atoms with Crippen molar-refractivity contribution >= 4 is 40.5 Å². The number of piperidine rings is 1. The van der Waals surface area contributed by atoms with Gasteiger partial charge in [-0.05, 0) is 31.0 Å². The number of fused-ring (bicyclic) bond motifs is 1. The van der Waals surface area contributed by atoms with E-state index in [1.807, 2.05) is 41.1 Å². The molecule has 0 atom stereocenters. The van der Waals surface area contributed by atoms with Crippen LogP contribution in [0.2, 0.25) is 5.02 Å². The minimum Gasteiger partial charge on any atom is -0.366 e. The van der Waals surface area contributed by atoms with Crippen molar-refractivity contribution in [1.29, 1.82) is 5.26 Å². The van der Waals surface area contributed by atoms with E-state index < -0.39 is 0 Å². The van der Waals surface area contributed by atoms with E-state index in [1.54, 1.807) is 18.5 Å². The molecule has 1 fully saturated rings. The fourth-order valence-corrected chi connectivity index (χ4v) is 3.79.